The van der Waals surface area contributed by atoms with Gasteiger partial charge in [-0.2, -0.15) is 0 Å². The van der Waals surface area contributed by atoms with Gasteiger partial charge in [-0.15, -0.1) is 0 Å². The molecule has 4 heteroatoms. The number of halogens is 1. The van der Waals surface area contributed by atoms with E-state index in [0.717, 1.165) is 12.0 Å². The van der Waals surface area contributed by atoms with Gasteiger partial charge in [-0.1, -0.05) is 43.7 Å². The first kappa shape index (κ1) is 18.0. The fourth-order valence-electron chi connectivity index (χ4n) is 2.48. The Morgan fingerprint density at radius 1 is 1.04 bits per heavy atom. The maximum atomic E-state index is 13.0. The van der Waals surface area contributed by atoms with E-state index in [4.69, 9.17) is 4.74 Å². The van der Waals surface area contributed by atoms with Crippen molar-refractivity contribution < 1.29 is 13.9 Å². The highest BCUT2D eigenvalue weighted by atomic mass is 19.1. The van der Waals surface area contributed by atoms with Crippen molar-refractivity contribution in [2.75, 3.05) is 0 Å². The molecule has 0 aliphatic heterocycles. The van der Waals surface area contributed by atoms with Crippen molar-refractivity contribution in [3.63, 3.8) is 0 Å². The first-order valence-electron chi connectivity index (χ1n) is 8.32. The van der Waals surface area contributed by atoms with Gasteiger partial charge in [0.15, 0.2) is 6.10 Å². The third-order valence-corrected chi connectivity index (χ3v) is 3.96. The van der Waals surface area contributed by atoms with Crippen LogP contribution in [0.3, 0.4) is 0 Å². The number of carbonyl (C=O) groups is 1. The Morgan fingerprint density at radius 2 is 1.67 bits per heavy atom. The van der Waals surface area contributed by atoms with Gasteiger partial charge in [-0.05, 0) is 49.6 Å². The van der Waals surface area contributed by atoms with Crippen LogP contribution < -0.4 is 10.1 Å². The fraction of sp³-hybridized carbons (Fsp3) is 0.350. The molecule has 0 fully saturated rings. The van der Waals surface area contributed by atoms with Gasteiger partial charge >= 0.3 is 0 Å². The number of hydrogen-bond acceptors (Lipinski definition) is 2. The molecule has 0 saturated heterocycles. The molecule has 0 unspecified atom stereocenters. The normalized spacial score (nSPS) is 13.2. The van der Waals surface area contributed by atoms with Gasteiger partial charge in [0.25, 0.3) is 5.91 Å². The lowest BCUT2D eigenvalue weighted by molar-refractivity contribution is -0.128. The molecule has 2 rings (SSSR count). The molecule has 0 bridgehead atoms. The Morgan fingerprint density at radius 3 is 2.21 bits per heavy atom. The van der Waals surface area contributed by atoms with E-state index in [9.17, 15) is 9.18 Å². The molecule has 2 aromatic rings. The molecule has 0 radical (unpaired) electrons. The summed E-state index contributed by atoms with van der Waals surface area (Å²) < 4.78 is 18.7. The van der Waals surface area contributed by atoms with Crippen molar-refractivity contribution >= 4 is 5.91 Å². The molecule has 24 heavy (non-hydrogen) atoms. The summed E-state index contributed by atoms with van der Waals surface area (Å²) in [6.45, 7) is 5.96. The zero-order chi connectivity index (χ0) is 17.5. The summed E-state index contributed by atoms with van der Waals surface area (Å²) in [5, 5.41) is 3.05. The van der Waals surface area contributed by atoms with Crippen molar-refractivity contribution in [2.24, 2.45) is 0 Å². The molecular formula is C20H24FNO2. The second kappa shape index (κ2) is 8.48. The van der Waals surface area contributed by atoms with Crippen LogP contribution in [0.5, 0.6) is 5.75 Å². The topological polar surface area (TPSA) is 38.3 Å². The maximum Gasteiger partial charge on any atom is 0.261 e. The number of carbonyl (C=O) groups excluding carboxylic acids is 1. The van der Waals surface area contributed by atoms with E-state index < -0.39 is 6.10 Å². The van der Waals surface area contributed by atoms with Crippen LogP contribution in [-0.4, -0.2) is 12.0 Å². The first-order chi connectivity index (χ1) is 11.5. The number of rotatable bonds is 7. The lowest BCUT2D eigenvalue weighted by Crippen LogP contribution is -2.39. The molecule has 0 heterocycles. The van der Waals surface area contributed by atoms with Crippen LogP contribution in [0, 0.1) is 12.7 Å². The van der Waals surface area contributed by atoms with Crippen LogP contribution in [0.2, 0.25) is 0 Å². The van der Waals surface area contributed by atoms with Gasteiger partial charge in [0.1, 0.15) is 11.6 Å². The molecule has 0 aromatic heterocycles. The SMILES string of the molecule is CC[C@@H](Oc1ccc(F)cc1)C(=O)N[C@H](CC)c1ccc(C)cc1. The zero-order valence-corrected chi connectivity index (χ0v) is 14.4. The zero-order valence-electron chi connectivity index (χ0n) is 14.4. The number of ether oxygens (including phenoxy) is 1. The average molecular weight is 329 g/mol. The summed E-state index contributed by atoms with van der Waals surface area (Å²) in [6.07, 6.45) is 0.727. The standard InChI is InChI=1S/C20H24FNO2/c1-4-18(15-8-6-14(3)7-9-15)22-20(23)19(5-2)24-17-12-10-16(21)11-13-17/h6-13,18-19H,4-5H2,1-3H3,(H,22,23)/t18-,19-/m1/s1. The van der Waals surface area contributed by atoms with Crippen molar-refractivity contribution in [1.82, 2.24) is 5.32 Å². The Hall–Kier alpha value is -2.36. The molecule has 0 spiro atoms. The maximum absolute atomic E-state index is 13.0. The fourth-order valence-corrected chi connectivity index (χ4v) is 2.48. The number of hydrogen-bond donors (Lipinski definition) is 1. The highest BCUT2D eigenvalue weighted by Gasteiger charge is 2.21. The monoisotopic (exact) mass is 329 g/mol. The van der Waals surface area contributed by atoms with Gasteiger partial charge in [-0.25, -0.2) is 4.39 Å². The summed E-state index contributed by atoms with van der Waals surface area (Å²) >= 11 is 0. The van der Waals surface area contributed by atoms with E-state index in [1.807, 2.05) is 45.0 Å². The Balaban J connectivity index is 2.04. The lowest BCUT2D eigenvalue weighted by atomic mass is 10.0. The van der Waals surface area contributed by atoms with Gasteiger partial charge in [0.05, 0.1) is 6.04 Å². The minimum absolute atomic E-state index is 0.0519. The van der Waals surface area contributed by atoms with E-state index in [0.29, 0.717) is 12.2 Å². The van der Waals surface area contributed by atoms with E-state index in [1.165, 1.54) is 29.8 Å². The Kier molecular flexibility index (Phi) is 6.36. The van der Waals surface area contributed by atoms with Crippen molar-refractivity contribution in [1.29, 1.82) is 0 Å². The van der Waals surface area contributed by atoms with E-state index in [1.54, 1.807) is 0 Å². The largest absolute Gasteiger partial charge is 0.481 e. The van der Waals surface area contributed by atoms with Crippen LogP contribution in [0.15, 0.2) is 48.5 Å². The third-order valence-electron chi connectivity index (χ3n) is 3.96. The Labute approximate surface area is 142 Å². The minimum atomic E-state index is -0.602. The highest BCUT2D eigenvalue weighted by molar-refractivity contribution is 5.81. The van der Waals surface area contributed by atoms with Crippen molar-refractivity contribution in [3.8, 4) is 5.75 Å². The second-order valence-electron chi connectivity index (χ2n) is 5.85. The lowest BCUT2D eigenvalue weighted by Gasteiger charge is -2.22. The summed E-state index contributed by atoms with van der Waals surface area (Å²) in [4.78, 5) is 12.5. The van der Waals surface area contributed by atoms with Crippen molar-refractivity contribution in [2.45, 2.75) is 45.8 Å². The highest BCUT2D eigenvalue weighted by Crippen LogP contribution is 2.19. The number of nitrogens with one attached hydrogen (secondary N) is 1. The summed E-state index contributed by atoms with van der Waals surface area (Å²) in [5.74, 6) is 0.00121. The quantitative estimate of drug-likeness (QED) is 0.809. The summed E-state index contributed by atoms with van der Waals surface area (Å²) in [7, 11) is 0. The van der Waals surface area contributed by atoms with Crippen LogP contribution in [0.1, 0.15) is 43.9 Å². The minimum Gasteiger partial charge on any atom is -0.481 e. The van der Waals surface area contributed by atoms with E-state index in [2.05, 4.69) is 5.32 Å². The molecule has 3 nitrogen and oxygen atoms in total. The molecule has 2 aromatic carbocycles. The van der Waals surface area contributed by atoms with Gasteiger partial charge in [0, 0.05) is 0 Å². The van der Waals surface area contributed by atoms with Crippen LogP contribution >= 0.6 is 0 Å². The van der Waals surface area contributed by atoms with Crippen LogP contribution in [0.4, 0.5) is 4.39 Å². The molecule has 2 atom stereocenters. The number of aryl methyl sites for hydroxylation is 1. The molecule has 0 aliphatic rings. The predicted molar refractivity (Wildman–Crippen MR) is 93.5 cm³/mol. The van der Waals surface area contributed by atoms with E-state index >= 15 is 0 Å². The van der Waals surface area contributed by atoms with Gasteiger partial charge in [0.2, 0.25) is 0 Å². The number of amides is 1. The molecule has 0 aliphatic carbocycles. The second-order valence-corrected chi connectivity index (χ2v) is 5.85. The summed E-state index contributed by atoms with van der Waals surface area (Å²) in [6, 6.07) is 13.8. The predicted octanol–water partition coefficient (Wildman–Crippen LogP) is 4.56. The van der Waals surface area contributed by atoms with Crippen molar-refractivity contribution in [3.05, 3.63) is 65.5 Å². The molecule has 128 valence electrons. The number of benzene rings is 2. The molecular weight excluding hydrogens is 305 g/mol. The van der Waals surface area contributed by atoms with Gasteiger partial charge in [-0.3, -0.25) is 4.79 Å². The van der Waals surface area contributed by atoms with Crippen LogP contribution in [-0.2, 0) is 4.79 Å². The molecule has 0 saturated carbocycles. The smallest absolute Gasteiger partial charge is 0.261 e. The molecule has 1 amide bonds. The Bertz CT molecular complexity index is 652. The molecule has 1 N–H and O–H groups in total. The van der Waals surface area contributed by atoms with Gasteiger partial charge < -0.3 is 10.1 Å². The average Bonchev–Trinajstić information content (AvgIpc) is 2.59. The summed E-state index contributed by atoms with van der Waals surface area (Å²) in [5.41, 5.74) is 2.26. The third kappa shape index (κ3) is 4.82. The van der Waals surface area contributed by atoms with Crippen LogP contribution in [0.25, 0.3) is 0 Å². The van der Waals surface area contributed by atoms with E-state index in [-0.39, 0.29) is 17.8 Å². The first-order valence-corrected chi connectivity index (χ1v) is 8.32.